The Bertz CT molecular complexity index is 1020. The van der Waals surface area contributed by atoms with E-state index in [9.17, 15) is 13.2 Å². The summed E-state index contributed by atoms with van der Waals surface area (Å²) in [5, 5.41) is 0. The zero-order chi connectivity index (χ0) is 26.6. The largest absolute Gasteiger partial charge is 0.497 e. The monoisotopic (exact) mass is 608 g/mol. The number of piperazine rings is 1. The molecule has 0 radical (unpaired) electrons. The molecule has 3 aliphatic rings. The van der Waals surface area contributed by atoms with Crippen molar-refractivity contribution in [3.63, 3.8) is 0 Å². The number of amides is 1. The van der Waals surface area contributed by atoms with Crippen LogP contribution in [0, 0.1) is 13.8 Å². The zero-order valence-electron chi connectivity index (χ0n) is 23.8. The van der Waals surface area contributed by atoms with Crippen LogP contribution < -0.4 is 4.74 Å². The molecule has 1 atom stereocenters. The Morgan fingerprint density at radius 3 is 2.13 bits per heavy atom. The summed E-state index contributed by atoms with van der Waals surface area (Å²) in [4.78, 5) is 20.0. The number of halogens is 2. The quantitative estimate of drug-likeness (QED) is 0.449. The molecule has 3 heterocycles. The molecule has 0 bridgehead atoms. The molecule has 0 saturated carbocycles. The number of piperidine rings is 2. The Morgan fingerprint density at radius 2 is 1.54 bits per heavy atom. The molecule has 3 saturated heterocycles. The van der Waals surface area contributed by atoms with Gasteiger partial charge in [0.15, 0.2) is 0 Å². The van der Waals surface area contributed by atoms with Gasteiger partial charge in [-0.15, -0.1) is 24.8 Å². The lowest BCUT2D eigenvalue weighted by atomic mass is 10.0. The number of carbonyl (C=O) groups is 1. The van der Waals surface area contributed by atoms with E-state index in [2.05, 4.69) is 16.8 Å². The van der Waals surface area contributed by atoms with Crippen LogP contribution in [0.1, 0.15) is 43.2 Å². The fourth-order valence-corrected chi connectivity index (χ4v) is 8.17. The normalized spacial score (nSPS) is 22.2. The number of benzene rings is 1. The fraction of sp³-hybridized carbons (Fsp3) is 0.741. The van der Waals surface area contributed by atoms with Gasteiger partial charge in [-0.3, -0.25) is 9.69 Å². The summed E-state index contributed by atoms with van der Waals surface area (Å²) >= 11 is 0. The highest BCUT2D eigenvalue weighted by atomic mass is 35.5. The first kappa shape index (κ1) is 34.1. The van der Waals surface area contributed by atoms with Gasteiger partial charge >= 0.3 is 0 Å². The molecule has 39 heavy (non-hydrogen) atoms. The van der Waals surface area contributed by atoms with Crippen molar-refractivity contribution in [2.45, 2.75) is 62.9 Å². The van der Waals surface area contributed by atoms with E-state index in [1.807, 2.05) is 18.7 Å². The molecule has 12 heteroatoms. The molecule has 0 aromatic heterocycles. The molecule has 1 amide bonds. The van der Waals surface area contributed by atoms with Crippen molar-refractivity contribution >= 4 is 40.7 Å². The van der Waals surface area contributed by atoms with Gasteiger partial charge < -0.3 is 19.3 Å². The molecular weight excluding hydrogens is 563 g/mol. The van der Waals surface area contributed by atoms with Crippen LogP contribution in [-0.4, -0.2) is 119 Å². The molecular formula is C27H46Cl2N4O5S. The standard InChI is InChI=1S/C27H44N4O5S.2ClH/c1-21-17-25(35-4)18-22(2)27(21)37(33,34)31-10-6-5-7-24(31)19-36-20-26(32)30-15-13-29(14-16-30)23-8-11-28(3)12-9-23;;/h17-18,23-24H,5-16,19-20H2,1-4H3;2*1H. The van der Waals surface area contributed by atoms with Gasteiger partial charge in [0.1, 0.15) is 12.4 Å². The number of hydrogen-bond donors (Lipinski definition) is 0. The molecule has 0 aliphatic carbocycles. The minimum Gasteiger partial charge on any atom is -0.497 e. The molecule has 3 fully saturated rings. The summed E-state index contributed by atoms with van der Waals surface area (Å²) in [6.07, 6.45) is 4.91. The molecule has 1 aromatic rings. The first-order valence-corrected chi connectivity index (χ1v) is 15.1. The maximum absolute atomic E-state index is 13.7. The van der Waals surface area contributed by atoms with Crippen LogP contribution in [0.15, 0.2) is 17.0 Å². The number of methoxy groups -OCH3 is 1. The van der Waals surface area contributed by atoms with Crippen LogP contribution in [0.2, 0.25) is 0 Å². The Balaban J connectivity index is 0.00000267. The Morgan fingerprint density at radius 1 is 0.923 bits per heavy atom. The Labute approximate surface area is 247 Å². The van der Waals surface area contributed by atoms with Crippen molar-refractivity contribution in [2.24, 2.45) is 0 Å². The molecule has 1 unspecified atom stereocenters. The van der Waals surface area contributed by atoms with Crippen molar-refractivity contribution in [3.05, 3.63) is 23.3 Å². The summed E-state index contributed by atoms with van der Waals surface area (Å²) in [5.74, 6) is 0.647. The summed E-state index contributed by atoms with van der Waals surface area (Å²) in [6.45, 7) is 9.88. The van der Waals surface area contributed by atoms with Gasteiger partial charge in [0.2, 0.25) is 15.9 Å². The van der Waals surface area contributed by atoms with Crippen LogP contribution in [-0.2, 0) is 19.6 Å². The van der Waals surface area contributed by atoms with Gasteiger partial charge in [-0.2, -0.15) is 4.31 Å². The number of ether oxygens (including phenoxy) is 2. The fourth-order valence-electron chi connectivity index (χ4n) is 6.08. The molecule has 0 spiro atoms. The summed E-state index contributed by atoms with van der Waals surface area (Å²) in [7, 11) is 0.0619. The van der Waals surface area contributed by atoms with Gasteiger partial charge in [-0.05, 0) is 82.9 Å². The summed E-state index contributed by atoms with van der Waals surface area (Å²) in [6, 6.07) is 3.89. The van der Waals surface area contributed by atoms with Crippen LogP contribution >= 0.6 is 24.8 Å². The lowest BCUT2D eigenvalue weighted by molar-refractivity contribution is -0.138. The number of aryl methyl sites for hydroxylation is 2. The molecule has 3 aliphatic heterocycles. The second-order valence-corrected chi connectivity index (χ2v) is 12.6. The average molecular weight is 610 g/mol. The van der Waals surface area contributed by atoms with Crippen molar-refractivity contribution in [2.75, 3.05) is 73.2 Å². The van der Waals surface area contributed by atoms with Crippen LogP contribution in [0.5, 0.6) is 5.75 Å². The number of carbonyl (C=O) groups excluding carboxylic acids is 1. The van der Waals surface area contributed by atoms with E-state index in [1.54, 1.807) is 23.5 Å². The van der Waals surface area contributed by atoms with Gasteiger partial charge in [0, 0.05) is 44.8 Å². The van der Waals surface area contributed by atoms with Gasteiger partial charge in [-0.25, -0.2) is 8.42 Å². The third-order valence-corrected chi connectivity index (χ3v) is 10.5. The molecule has 0 N–H and O–H groups in total. The third-order valence-electron chi connectivity index (χ3n) is 8.22. The number of nitrogens with zero attached hydrogens (tertiary/aromatic N) is 4. The maximum atomic E-state index is 13.7. The van der Waals surface area contributed by atoms with Crippen molar-refractivity contribution < 1.29 is 22.7 Å². The second-order valence-electron chi connectivity index (χ2n) is 10.8. The second kappa shape index (κ2) is 15.2. The van der Waals surface area contributed by atoms with Crippen LogP contribution in [0.25, 0.3) is 0 Å². The van der Waals surface area contributed by atoms with Crippen molar-refractivity contribution in [3.8, 4) is 5.75 Å². The number of rotatable bonds is 8. The lowest BCUT2D eigenvalue weighted by Crippen LogP contribution is -2.54. The Kier molecular flexibility index (Phi) is 13.3. The smallest absolute Gasteiger partial charge is 0.248 e. The SMILES string of the molecule is COc1cc(C)c(S(=O)(=O)N2CCCCC2COCC(=O)N2CCN(C3CCN(C)CC3)CC2)c(C)c1.Cl.Cl. The van der Waals surface area contributed by atoms with E-state index in [0.717, 1.165) is 58.5 Å². The highest BCUT2D eigenvalue weighted by Crippen LogP contribution is 2.32. The predicted octanol–water partition coefficient (Wildman–Crippen LogP) is 2.95. The van der Waals surface area contributed by atoms with E-state index < -0.39 is 10.0 Å². The topological polar surface area (TPSA) is 82.6 Å². The molecule has 9 nitrogen and oxygen atoms in total. The first-order chi connectivity index (χ1) is 17.7. The lowest BCUT2D eigenvalue weighted by Gasteiger charge is -2.42. The Hall–Kier alpha value is -1.14. The number of sulfonamides is 1. The average Bonchev–Trinajstić information content (AvgIpc) is 2.88. The molecule has 1 aromatic carbocycles. The minimum atomic E-state index is -3.70. The van der Waals surface area contributed by atoms with Gasteiger partial charge in [0.25, 0.3) is 0 Å². The predicted molar refractivity (Wildman–Crippen MR) is 158 cm³/mol. The number of likely N-dealkylation sites (tertiary alicyclic amines) is 1. The van der Waals surface area contributed by atoms with E-state index in [0.29, 0.717) is 34.4 Å². The highest BCUT2D eigenvalue weighted by Gasteiger charge is 2.36. The zero-order valence-corrected chi connectivity index (χ0v) is 26.2. The van der Waals surface area contributed by atoms with E-state index in [1.165, 1.54) is 12.8 Å². The van der Waals surface area contributed by atoms with Crippen LogP contribution in [0.4, 0.5) is 0 Å². The van der Waals surface area contributed by atoms with Gasteiger partial charge in [0.05, 0.1) is 18.6 Å². The summed E-state index contributed by atoms with van der Waals surface area (Å²) in [5.41, 5.74) is 1.35. The van der Waals surface area contributed by atoms with Crippen LogP contribution in [0.3, 0.4) is 0 Å². The highest BCUT2D eigenvalue weighted by molar-refractivity contribution is 7.89. The molecule has 4 rings (SSSR count). The summed E-state index contributed by atoms with van der Waals surface area (Å²) < 4.78 is 40.2. The van der Waals surface area contributed by atoms with E-state index in [4.69, 9.17) is 9.47 Å². The maximum Gasteiger partial charge on any atom is 0.248 e. The molecule has 224 valence electrons. The minimum absolute atomic E-state index is 0. The third kappa shape index (κ3) is 8.21. The van der Waals surface area contributed by atoms with Crippen molar-refractivity contribution in [1.29, 1.82) is 0 Å². The van der Waals surface area contributed by atoms with E-state index >= 15 is 0 Å². The number of hydrogen-bond acceptors (Lipinski definition) is 7. The van der Waals surface area contributed by atoms with Crippen molar-refractivity contribution in [1.82, 2.24) is 19.0 Å². The van der Waals surface area contributed by atoms with E-state index in [-0.39, 0.29) is 50.0 Å². The first-order valence-electron chi connectivity index (χ1n) is 13.7. The van der Waals surface area contributed by atoms with Gasteiger partial charge in [-0.1, -0.05) is 6.42 Å².